The predicted molar refractivity (Wildman–Crippen MR) is 87.1 cm³/mol. The van der Waals surface area contributed by atoms with Crippen LogP contribution in [0.25, 0.3) is 0 Å². The van der Waals surface area contributed by atoms with E-state index in [0.29, 0.717) is 4.83 Å². The second kappa shape index (κ2) is 8.25. The molecule has 0 saturated heterocycles. The van der Waals surface area contributed by atoms with Gasteiger partial charge in [-0.25, -0.2) is 0 Å². The molecule has 2 unspecified atom stereocenters. The Hall–Kier alpha value is -2.51. The molecule has 0 spiro atoms. The maximum absolute atomic E-state index is 12.6. The van der Waals surface area contributed by atoms with E-state index >= 15 is 0 Å². The van der Waals surface area contributed by atoms with E-state index in [1.165, 1.54) is 19.1 Å². The van der Waals surface area contributed by atoms with Gasteiger partial charge in [0.2, 0.25) is 0 Å². The fourth-order valence-corrected chi connectivity index (χ4v) is 2.86. The van der Waals surface area contributed by atoms with Crippen molar-refractivity contribution in [3.63, 3.8) is 0 Å². The molecule has 140 valence electrons. The average molecular weight is 389 g/mol. The number of rotatable bonds is 7. The summed E-state index contributed by atoms with van der Waals surface area (Å²) in [5, 5.41) is 9.15. The fourth-order valence-electron chi connectivity index (χ4n) is 1.83. The summed E-state index contributed by atoms with van der Waals surface area (Å²) >= 11 is 0. The molecule has 0 amide bonds. The first kappa shape index (κ1) is 19.8. The molecule has 0 bridgehead atoms. The molecule has 0 aliphatic heterocycles. The van der Waals surface area contributed by atoms with Crippen LogP contribution in [0, 0.1) is 0 Å². The third-order valence-electron chi connectivity index (χ3n) is 3.22. The highest BCUT2D eigenvalue weighted by Crippen LogP contribution is 2.36. The van der Waals surface area contributed by atoms with Crippen molar-refractivity contribution in [1.29, 1.82) is 0 Å². The predicted octanol–water partition coefficient (Wildman–Crippen LogP) is 4.24. The van der Waals surface area contributed by atoms with Crippen LogP contribution < -0.4 is 9.36 Å². The first-order chi connectivity index (χ1) is 12.2. The lowest BCUT2D eigenvalue weighted by Crippen LogP contribution is -2.37. The molecule has 0 radical (unpaired) electrons. The van der Waals surface area contributed by atoms with Crippen molar-refractivity contribution in [2.45, 2.75) is 19.1 Å². The summed E-state index contributed by atoms with van der Waals surface area (Å²) in [5.41, 5.74) is -0.888. The Morgan fingerprint density at radius 1 is 1.08 bits per heavy atom. The van der Waals surface area contributed by atoms with Crippen molar-refractivity contribution in [2.24, 2.45) is 0 Å². The van der Waals surface area contributed by atoms with E-state index < -0.39 is 31.9 Å². The van der Waals surface area contributed by atoms with Gasteiger partial charge < -0.3 is 14.5 Å². The number of carboxylic acid groups (broad SMARTS) is 1. The Bertz CT molecular complexity index is 768. The molecule has 1 N–H and O–H groups in total. The van der Waals surface area contributed by atoms with Gasteiger partial charge in [0, 0.05) is 0 Å². The van der Waals surface area contributed by atoms with Gasteiger partial charge in [0.05, 0.1) is 5.56 Å². The number of alkyl halides is 3. The Morgan fingerprint density at radius 2 is 1.65 bits per heavy atom. The second-order valence-electron chi connectivity index (χ2n) is 5.13. The summed E-state index contributed by atoms with van der Waals surface area (Å²) in [6, 6.07) is 10.2. The van der Waals surface area contributed by atoms with Gasteiger partial charge in [0.1, 0.15) is 11.5 Å². The third-order valence-corrected chi connectivity index (χ3v) is 4.47. The molecule has 0 aliphatic carbocycles. The van der Waals surface area contributed by atoms with Crippen molar-refractivity contribution in [2.75, 3.05) is 0 Å². The molecule has 26 heavy (non-hydrogen) atoms. The number of nitrogens with zero attached hydrogens (tertiary/aromatic N) is 1. The van der Waals surface area contributed by atoms with Crippen LogP contribution >= 0.6 is 8.18 Å². The first-order valence-electron chi connectivity index (χ1n) is 7.32. The Kier molecular flexibility index (Phi) is 6.28. The van der Waals surface area contributed by atoms with Crippen LogP contribution in [0.5, 0.6) is 11.5 Å². The van der Waals surface area contributed by atoms with Crippen LogP contribution in [0.2, 0.25) is 0 Å². The van der Waals surface area contributed by atoms with Gasteiger partial charge in [-0.05, 0) is 48.2 Å². The van der Waals surface area contributed by atoms with E-state index in [9.17, 15) is 22.5 Å². The molecule has 2 atom stereocenters. The number of carboxylic acids is 1. The van der Waals surface area contributed by atoms with Crippen LogP contribution in [-0.2, 0) is 15.5 Å². The lowest BCUT2D eigenvalue weighted by molar-refractivity contribution is -0.148. The highest BCUT2D eigenvalue weighted by atomic mass is 31.1. The van der Waals surface area contributed by atoms with Gasteiger partial charge in [0.15, 0.2) is 6.04 Å². The molecule has 2 aromatic carbocycles. The Morgan fingerprint density at radius 3 is 2.15 bits per heavy atom. The molecule has 2 aromatic rings. The van der Waals surface area contributed by atoms with E-state index in [0.717, 1.165) is 24.3 Å². The smallest absolute Gasteiger partial charge is 0.416 e. The maximum Gasteiger partial charge on any atom is 0.416 e. The first-order valence-corrected chi connectivity index (χ1v) is 8.59. The number of para-hydroxylation sites is 1. The minimum absolute atomic E-state index is 0.110. The maximum atomic E-state index is 12.6. The summed E-state index contributed by atoms with van der Waals surface area (Å²) in [5.74, 6) is -1.19. The SMILES string of the molecule is CC(C(=O)O)N(Oc1ccccc1)[PH](=O)Oc1ccc(C(F)(F)F)cc1. The van der Waals surface area contributed by atoms with Gasteiger partial charge in [-0.3, -0.25) is 9.36 Å². The minimum atomic E-state index is -4.51. The number of aliphatic carboxylic acids is 1. The van der Waals surface area contributed by atoms with Gasteiger partial charge in [-0.1, -0.05) is 18.2 Å². The number of hydrogen-bond acceptors (Lipinski definition) is 4. The van der Waals surface area contributed by atoms with E-state index in [1.54, 1.807) is 18.2 Å². The van der Waals surface area contributed by atoms with E-state index in [1.807, 2.05) is 0 Å². The number of carbonyl (C=O) groups is 1. The number of benzene rings is 2. The van der Waals surface area contributed by atoms with Crippen LogP contribution in [0.4, 0.5) is 13.2 Å². The quantitative estimate of drug-likeness (QED) is 0.564. The standard InChI is InChI=1S/C16H15F3NO5P/c1-11(15(21)22)20(24-13-5-3-2-4-6-13)26(23)25-14-9-7-12(8-10-14)16(17,18)19/h2-11,26H,1H3,(H,21,22). The third kappa shape index (κ3) is 5.24. The lowest BCUT2D eigenvalue weighted by Gasteiger charge is -2.24. The Labute approximate surface area is 147 Å². The largest absolute Gasteiger partial charge is 0.480 e. The minimum Gasteiger partial charge on any atom is -0.480 e. The van der Waals surface area contributed by atoms with Crippen LogP contribution in [0.15, 0.2) is 54.6 Å². The second-order valence-corrected chi connectivity index (χ2v) is 6.31. The molecule has 0 aromatic heterocycles. The highest BCUT2D eigenvalue weighted by Gasteiger charge is 2.31. The van der Waals surface area contributed by atoms with Crippen molar-refractivity contribution in [1.82, 2.24) is 4.83 Å². The molecule has 0 fully saturated rings. The zero-order valence-electron chi connectivity index (χ0n) is 13.4. The monoisotopic (exact) mass is 389 g/mol. The Balaban J connectivity index is 2.16. The summed E-state index contributed by atoms with van der Waals surface area (Å²) in [4.78, 5) is 17.2. The molecular formula is C16H15F3NO5P. The molecule has 0 heterocycles. The van der Waals surface area contributed by atoms with E-state index in [2.05, 4.69) is 0 Å². The van der Waals surface area contributed by atoms with Crippen molar-refractivity contribution in [3.8, 4) is 11.5 Å². The van der Waals surface area contributed by atoms with E-state index in [-0.39, 0.29) is 11.5 Å². The summed E-state index contributed by atoms with van der Waals surface area (Å²) in [7, 11) is -3.27. The molecule has 6 nitrogen and oxygen atoms in total. The molecule has 10 heteroatoms. The molecular weight excluding hydrogens is 374 g/mol. The molecule has 0 saturated carbocycles. The average Bonchev–Trinajstić information content (AvgIpc) is 2.59. The van der Waals surface area contributed by atoms with Gasteiger partial charge in [0.25, 0.3) is 0 Å². The van der Waals surface area contributed by atoms with Gasteiger partial charge in [-0.15, -0.1) is 0 Å². The topological polar surface area (TPSA) is 76.1 Å². The summed E-state index contributed by atoms with van der Waals surface area (Å²) in [6.07, 6.45) is -4.51. The van der Waals surface area contributed by atoms with E-state index in [4.69, 9.17) is 14.5 Å². The zero-order chi connectivity index (χ0) is 19.3. The van der Waals surface area contributed by atoms with Gasteiger partial charge >= 0.3 is 20.3 Å². The van der Waals surface area contributed by atoms with Crippen molar-refractivity contribution in [3.05, 3.63) is 60.2 Å². The molecule has 2 rings (SSSR count). The fraction of sp³-hybridized carbons (Fsp3) is 0.188. The van der Waals surface area contributed by atoms with Crippen LogP contribution in [0.1, 0.15) is 12.5 Å². The summed E-state index contributed by atoms with van der Waals surface area (Å²) < 4.78 is 55.2. The van der Waals surface area contributed by atoms with Crippen LogP contribution in [0.3, 0.4) is 0 Å². The lowest BCUT2D eigenvalue weighted by atomic mass is 10.2. The van der Waals surface area contributed by atoms with Crippen molar-refractivity contribution >= 4 is 14.1 Å². The number of hydroxylamine groups is 1. The van der Waals surface area contributed by atoms with Crippen molar-refractivity contribution < 1.29 is 37.0 Å². The number of hydrogen-bond donors (Lipinski definition) is 1. The normalized spacial score (nSPS) is 13.9. The summed E-state index contributed by atoms with van der Waals surface area (Å²) in [6.45, 7) is 1.24. The number of halogens is 3. The molecule has 0 aliphatic rings. The van der Waals surface area contributed by atoms with Gasteiger partial charge in [-0.2, -0.15) is 13.2 Å². The van der Waals surface area contributed by atoms with Crippen LogP contribution in [-0.4, -0.2) is 22.0 Å². The zero-order valence-corrected chi connectivity index (χ0v) is 14.4. The highest BCUT2D eigenvalue weighted by molar-refractivity contribution is 7.36.